The van der Waals surface area contributed by atoms with Crippen molar-refractivity contribution in [1.29, 1.82) is 0 Å². The minimum absolute atomic E-state index is 0.0234. The van der Waals surface area contributed by atoms with Crippen molar-refractivity contribution in [3.8, 4) is 0 Å². The Bertz CT molecular complexity index is 172. The highest BCUT2D eigenvalue weighted by molar-refractivity contribution is 5.73. The molecule has 0 unspecified atom stereocenters. The molecule has 0 heterocycles. The molecular weight excluding hydrogens is 202 g/mol. The molecule has 0 aromatic carbocycles. The first kappa shape index (κ1) is 15.2. The summed E-state index contributed by atoms with van der Waals surface area (Å²) in [7, 11) is 3.49. The topological polar surface area (TPSA) is 44.4 Å². The molecule has 0 atom stereocenters. The molecule has 96 valence electrons. The van der Waals surface area contributed by atoms with E-state index in [0.717, 1.165) is 13.1 Å². The van der Waals surface area contributed by atoms with Crippen LogP contribution in [0.15, 0.2) is 0 Å². The lowest BCUT2D eigenvalue weighted by Gasteiger charge is -2.12. The standard InChI is InChI=1S/C12H27N3O/c1-4-5-6-7-8-9-13-10-11-14-12(16)15(2)3/h13H,4-11H2,1-3H3,(H,14,16). The number of urea groups is 1. The van der Waals surface area contributed by atoms with Gasteiger partial charge in [0.05, 0.1) is 0 Å². The van der Waals surface area contributed by atoms with Gasteiger partial charge in [-0.15, -0.1) is 0 Å². The van der Waals surface area contributed by atoms with Crippen molar-refractivity contribution in [2.75, 3.05) is 33.7 Å². The maximum absolute atomic E-state index is 11.1. The molecule has 0 fully saturated rings. The molecule has 0 aliphatic heterocycles. The third-order valence-electron chi connectivity index (χ3n) is 2.44. The quantitative estimate of drug-likeness (QED) is 0.592. The van der Waals surface area contributed by atoms with E-state index in [4.69, 9.17) is 0 Å². The predicted molar refractivity (Wildman–Crippen MR) is 68.7 cm³/mol. The van der Waals surface area contributed by atoms with Crippen LogP contribution in [0.25, 0.3) is 0 Å². The minimum atomic E-state index is -0.0234. The SMILES string of the molecule is CCCCCCCNCCNC(=O)N(C)C. The van der Waals surface area contributed by atoms with Crippen LogP contribution in [0.5, 0.6) is 0 Å². The average molecular weight is 229 g/mol. The van der Waals surface area contributed by atoms with Crippen molar-refractivity contribution >= 4 is 6.03 Å². The summed E-state index contributed by atoms with van der Waals surface area (Å²) in [6.45, 7) is 4.84. The summed E-state index contributed by atoms with van der Waals surface area (Å²) in [5.41, 5.74) is 0. The second-order valence-corrected chi connectivity index (χ2v) is 4.29. The number of amides is 2. The Balaban J connectivity index is 3.07. The lowest BCUT2D eigenvalue weighted by molar-refractivity contribution is 0.217. The van der Waals surface area contributed by atoms with Gasteiger partial charge in [0.2, 0.25) is 0 Å². The second kappa shape index (κ2) is 10.7. The number of nitrogens with zero attached hydrogens (tertiary/aromatic N) is 1. The Morgan fingerprint density at radius 2 is 1.69 bits per heavy atom. The average Bonchev–Trinajstić information content (AvgIpc) is 2.26. The highest BCUT2D eigenvalue weighted by Crippen LogP contribution is 2.00. The van der Waals surface area contributed by atoms with Crippen LogP contribution in [0, 0.1) is 0 Å². The third-order valence-corrected chi connectivity index (χ3v) is 2.44. The summed E-state index contributed by atoms with van der Waals surface area (Å²) in [6, 6.07) is -0.0234. The van der Waals surface area contributed by atoms with Gasteiger partial charge >= 0.3 is 6.03 Å². The molecule has 0 rings (SSSR count). The predicted octanol–water partition coefficient (Wildman–Crippen LogP) is 1.82. The molecule has 0 bridgehead atoms. The van der Waals surface area contributed by atoms with Gasteiger partial charge in [-0.2, -0.15) is 0 Å². The van der Waals surface area contributed by atoms with Crippen LogP contribution in [-0.2, 0) is 0 Å². The largest absolute Gasteiger partial charge is 0.337 e. The number of unbranched alkanes of at least 4 members (excludes halogenated alkanes) is 4. The third kappa shape index (κ3) is 9.77. The first-order valence-corrected chi connectivity index (χ1v) is 6.34. The van der Waals surface area contributed by atoms with Crippen LogP contribution >= 0.6 is 0 Å². The number of hydrogen-bond donors (Lipinski definition) is 2. The Hall–Kier alpha value is -0.770. The van der Waals surface area contributed by atoms with Crippen LogP contribution in [0.2, 0.25) is 0 Å². The fraction of sp³-hybridized carbons (Fsp3) is 0.917. The Morgan fingerprint density at radius 3 is 2.31 bits per heavy atom. The summed E-state index contributed by atoms with van der Waals surface area (Å²) >= 11 is 0. The summed E-state index contributed by atoms with van der Waals surface area (Å²) in [4.78, 5) is 12.7. The van der Waals surface area contributed by atoms with Gasteiger partial charge in [0, 0.05) is 27.2 Å². The molecule has 0 saturated heterocycles. The summed E-state index contributed by atoms with van der Waals surface area (Å²) in [5.74, 6) is 0. The number of hydrogen-bond acceptors (Lipinski definition) is 2. The van der Waals surface area contributed by atoms with Gasteiger partial charge in [0.15, 0.2) is 0 Å². The fourth-order valence-electron chi connectivity index (χ4n) is 1.39. The van der Waals surface area contributed by atoms with Gasteiger partial charge in [-0.3, -0.25) is 0 Å². The molecule has 0 aliphatic carbocycles. The van der Waals surface area contributed by atoms with Crippen LogP contribution in [0.4, 0.5) is 4.79 Å². The molecule has 2 amide bonds. The molecule has 4 heteroatoms. The van der Waals surface area contributed by atoms with Crippen LogP contribution in [0.1, 0.15) is 39.0 Å². The first-order valence-electron chi connectivity index (χ1n) is 6.34. The zero-order valence-electron chi connectivity index (χ0n) is 11.0. The van der Waals surface area contributed by atoms with Crippen molar-refractivity contribution in [3.05, 3.63) is 0 Å². The molecule has 16 heavy (non-hydrogen) atoms. The maximum atomic E-state index is 11.1. The molecule has 0 aliphatic rings. The van der Waals surface area contributed by atoms with Gasteiger partial charge in [-0.1, -0.05) is 32.6 Å². The molecule has 0 radical (unpaired) electrons. The van der Waals surface area contributed by atoms with Crippen molar-refractivity contribution in [3.63, 3.8) is 0 Å². The van der Waals surface area contributed by atoms with Crippen molar-refractivity contribution in [2.24, 2.45) is 0 Å². The van der Waals surface area contributed by atoms with E-state index < -0.39 is 0 Å². The smallest absolute Gasteiger partial charge is 0.316 e. The van der Waals surface area contributed by atoms with Gasteiger partial charge < -0.3 is 15.5 Å². The van der Waals surface area contributed by atoms with E-state index in [-0.39, 0.29) is 6.03 Å². The Labute approximate surface area is 99.8 Å². The number of carbonyl (C=O) groups excluding carboxylic acids is 1. The highest BCUT2D eigenvalue weighted by atomic mass is 16.2. The lowest BCUT2D eigenvalue weighted by atomic mass is 10.1. The maximum Gasteiger partial charge on any atom is 0.316 e. The number of nitrogens with one attached hydrogen (secondary N) is 2. The Morgan fingerprint density at radius 1 is 1.00 bits per heavy atom. The second-order valence-electron chi connectivity index (χ2n) is 4.29. The van der Waals surface area contributed by atoms with Crippen LogP contribution in [-0.4, -0.2) is 44.7 Å². The molecule has 2 N–H and O–H groups in total. The van der Waals surface area contributed by atoms with E-state index >= 15 is 0 Å². The van der Waals surface area contributed by atoms with E-state index in [9.17, 15) is 4.79 Å². The number of rotatable bonds is 9. The summed E-state index contributed by atoms with van der Waals surface area (Å²) < 4.78 is 0. The van der Waals surface area contributed by atoms with Gasteiger partial charge in [0.1, 0.15) is 0 Å². The van der Waals surface area contributed by atoms with Crippen LogP contribution < -0.4 is 10.6 Å². The fourth-order valence-corrected chi connectivity index (χ4v) is 1.39. The van der Waals surface area contributed by atoms with E-state index in [2.05, 4.69) is 17.6 Å². The van der Waals surface area contributed by atoms with Gasteiger partial charge in [-0.05, 0) is 13.0 Å². The molecule has 0 spiro atoms. The minimum Gasteiger partial charge on any atom is -0.337 e. The monoisotopic (exact) mass is 229 g/mol. The van der Waals surface area contributed by atoms with E-state index in [1.54, 1.807) is 19.0 Å². The zero-order chi connectivity index (χ0) is 12.2. The summed E-state index contributed by atoms with van der Waals surface area (Å²) in [6.07, 6.45) is 6.53. The molecule has 0 saturated carbocycles. The van der Waals surface area contributed by atoms with E-state index in [1.807, 2.05) is 0 Å². The molecular formula is C12H27N3O. The van der Waals surface area contributed by atoms with Crippen molar-refractivity contribution < 1.29 is 4.79 Å². The van der Waals surface area contributed by atoms with E-state index in [1.165, 1.54) is 32.1 Å². The van der Waals surface area contributed by atoms with E-state index in [0.29, 0.717) is 6.54 Å². The van der Waals surface area contributed by atoms with Gasteiger partial charge in [-0.25, -0.2) is 4.79 Å². The van der Waals surface area contributed by atoms with Crippen LogP contribution in [0.3, 0.4) is 0 Å². The van der Waals surface area contributed by atoms with Gasteiger partial charge in [0.25, 0.3) is 0 Å². The lowest BCUT2D eigenvalue weighted by Crippen LogP contribution is -2.38. The normalized spacial score (nSPS) is 10.2. The molecule has 0 aromatic heterocycles. The summed E-state index contributed by atoms with van der Waals surface area (Å²) in [5, 5.41) is 6.14. The first-order chi connectivity index (χ1) is 7.68. The zero-order valence-corrected chi connectivity index (χ0v) is 11.0. The number of carbonyl (C=O) groups is 1. The molecule has 4 nitrogen and oxygen atoms in total. The highest BCUT2D eigenvalue weighted by Gasteiger charge is 1.99. The van der Waals surface area contributed by atoms with Crippen molar-refractivity contribution in [1.82, 2.24) is 15.5 Å². The Kier molecular flexibility index (Phi) is 10.2. The van der Waals surface area contributed by atoms with Crippen molar-refractivity contribution in [2.45, 2.75) is 39.0 Å². The molecule has 0 aromatic rings.